The molecule has 1 saturated carbocycles. The van der Waals surface area contributed by atoms with Crippen LogP contribution in [-0.4, -0.2) is 48.1 Å². The van der Waals surface area contributed by atoms with Crippen LogP contribution in [0.2, 0.25) is 0 Å². The van der Waals surface area contributed by atoms with Crippen molar-refractivity contribution in [1.82, 2.24) is 35.6 Å². The molecule has 1 aliphatic carbocycles. The second-order valence-electron chi connectivity index (χ2n) is 9.10. The maximum absolute atomic E-state index is 13.4. The number of anilines is 1. The lowest BCUT2D eigenvalue weighted by Gasteiger charge is -2.32. The number of hydrogen-bond donors (Lipinski definition) is 3. The van der Waals surface area contributed by atoms with Crippen molar-refractivity contribution in [2.45, 2.75) is 65.0 Å². The first-order valence-electron chi connectivity index (χ1n) is 11.9. The van der Waals surface area contributed by atoms with E-state index in [4.69, 9.17) is 4.63 Å². The first-order valence-corrected chi connectivity index (χ1v) is 11.9. The highest BCUT2D eigenvalue weighted by Crippen LogP contribution is 2.31. The van der Waals surface area contributed by atoms with Crippen molar-refractivity contribution in [3.63, 3.8) is 0 Å². The van der Waals surface area contributed by atoms with E-state index >= 15 is 0 Å². The molecule has 0 aromatic carbocycles. The maximum Gasteiger partial charge on any atom is 0.276 e. The van der Waals surface area contributed by atoms with E-state index in [-0.39, 0.29) is 29.1 Å². The molecule has 3 heterocycles. The van der Waals surface area contributed by atoms with Crippen molar-refractivity contribution in [3.8, 4) is 0 Å². The highest BCUT2D eigenvalue weighted by molar-refractivity contribution is 6.00. The van der Waals surface area contributed by atoms with Gasteiger partial charge in [0.25, 0.3) is 11.5 Å². The highest BCUT2D eigenvalue weighted by atomic mass is 16.6. The van der Waals surface area contributed by atoms with Crippen LogP contribution in [-0.2, 0) is 11.2 Å². The molecule has 1 aliphatic rings. The number of carbonyl (C=O) groups excluding carboxylic acids is 2. The average Bonchev–Trinajstić information content (AvgIpc) is 3.52. The topological polar surface area (TPSA) is 161 Å². The van der Waals surface area contributed by atoms with E-state index in [0.29, 0.717) is 29.3 Å². The Morgan fingerprint density at radius 3 is 2.74 bits per heavy atom. The third-order valence-corrected chi connectivity index (χ3v) is 6.68. The molecule has 0 aliphatic heterocycles. The van der Waals surface area contributed by atoms with Gasteiger partial charge in [-0.3, -0.25) is 19.1 Å². The van der Waals surface area contributed by atoms with Gasteiger partial charge in [0.2, 0.25) is 5.91 Å². The second kappa shape index (κ2) is 10.6. The Labute approximate surface area is 201 Å². The molecule has 0 saturated heterocycles. The second-order valence-corrected chi connectivity index (χ2v) is 9.10. The fourth-order valence-corrected chi connectivity index (χ4v) is 4.50. The smallest absolute Gasteiger partial charge is 0.276 e. The van der Waals surface area contributed by atoms with Crippen LogP contribution in [0.5, 0.6) is 0 Å². The minimum absolute atomic E-state index is 0.00978. The Kier molecular flexibility index (Phi) is 7.37. The average molecular weight is 483 g/mol. The zero-order valence-corrected chi connectivity index (χ0v) is 20.0. The van der Waals surface area contributed by atoms with Crippen LogP contribution in [0.25, 0.3) is 0 Å². The van der Waals surface area contributed by atoms with E-state index in [1.54, 1.807) is 16.9 Å². The van der Waals surface area contributed by atoms with E-state index in [2.05, 4.69) is 43.2 Å². The summed E-state index contributed by atoms with van der Waals surface area (Å²) < 4.78 is 6.31. The van der Waals surface area contributed by atoms with Crippen molar-refractivity contribution >= 4 is 17.5 Å². The van der Waals surface area contributed by atoms with Crippen LogP contribution in [0.1, 0.15) is 74.2 Å². The zero-order valence-electron chi connectivity index (χ0n) is 20.0. The predicted molar refractivity (Wildman–Crippen MR) is 126 cm³/mol. The number of rotatable bonds is 8. The summed E-state index contributed by atoms with van der Waals surface area (Å²) in [5.41, 5.74) is 1.20. The Bertz CT molecular complexity index is 1220. The molecule has 35 heavy (non-hydrogen) atoms. The maximum atomic E-state index is 13.4. The van der Waals surface area contributed by atoms with Gasteiger partial charge in [-0.1, -0.05) is 31.8 Å². The van der Waals surface area contributed by atoms with Crippen LogP contribution in [0.15, 0.2) is 34.1 Å². The van der Waals surface area contributed by atoms with E-state index in [0.717, 1.165) is 25.7 Å². The van der Waals surface area contributed by atoms with Crippen molar-refractivity contribution < 1.29 is 14.2 Å². The molecule has 0 radical (unpaired) electrons. The number of H-pyrrole nitrogens is 1. The molecule has 1 fully saturated rings. The lowest BCUT2D eigenvalue weighted by atomic mass is 9.79. The minimum atomic E-state index is -0.750. The van der Waals surface area contributed by atoms with Gasteiger partial charge < -0.3 is 10.6 Å². The van der Waals surface area contributed by atoms with E-state index < -0.39 is 11.9 Å². The largest absolute Gasteiger partial charge is 0.338 e. The molecule has 3 aromatic rings. The van der Waals surface area contributed by atoms with Crippen LogP contribution in [0, 0.1) is 11.8 Å². The summed E-state index contributed by atoms with van der Waals surface area (Å²) in [4.78, 5) is 38.4. The van der Waals surface area contributed by atoms with Crippen molar-refractivity contribution in [3.05, 3.63) is 52.0 Å². The molecular formula is C23H30N8O4. The van der Waals surface area contributed by atoms with Gasteiger partial charge in [-0.15, -0.1) is 0 Å². The number of aromatic amines is 1. The molecule has 3 N–H and O–H groups in total. The van der Waals surface area contributed by atoms with Crippen molar-refractivity contribution in [1.29, 1.82) is 0 Å². The fraction of sp³-hybridized carbons (Fsp3) is 0.522. The normalized spacial score (nSPS) is 19.6. The minimum Gasteiger partial charge on any atom is -0.338 e. The van der Waals surface area contributed by atoms with E-state index in [9.17, 15) is 14.4 Å². The van der Waals surface area contributed by atoms with Gasteiger partial charge in [0.15, 0.2) is 5.69 Å². The summed E-state index contributed by atoms with van der Waals surface area (Å²) >= 11 is 0. The van der Waals surface area contributed by atoms with Gasteiger partial charge in [-0.25, -0.2) is 9.73 Å². The lowest BCUT2D eigenvalue weighted by Crippen LogP contribution is -2.49. The summed E-state index contributed by atoms with van der Waals surface area (Å²) in [7, 11) is 0. The molecule has 2 unspecified atom stereocenters. The van der Waals surface area contributed by atoms with Gasteiger partial charge in [-0.2, -0.15) is 10.2 Å². The Morgan fingerprint density at radius 1 is 1.26 bits per heavy atom. The van der Waals surface area contributed by atoms with Crippen LogP contribution in [0.3, 0.4) is 0 Å². The number of hydrogen-bond acceptors (Lipinski definition) is 8. The van der Waals surface area contributed by atoms with Gasteiger partial charge >= 0.3 is 0 Å². The lowest BCUT2D eigenvalue weighted by molar-refractivity contribution is -0.119. The molecule has 3 aromatic heterocycles. The summed E-state index contributed by atoms with van der Waals surface area (Å²) in [5, 5.41) is 23.7. The summed E-state index contributed by atoms with van der Waals surface area (Å²) in [6.07, 6.45) is 8.81. The van der Waals surface area contributed by atoms with E-state index in [1.165, 1.54) is 12.4 Å². The molecule has 0 spiro atoms. The number of carbonyl (C=O) groups is 2. The highest BCUT2D eigenvalue weighted by Gasteiger charge is 2.34. The van der Waals surface area contributed by atoms with Crippen LogP contribution >= 0.6 is 0 Å². The zero-order chi connectivity index (χ0) is 24.9. The standard InChI is InChI=1S/C23H30N8O4/c1-4-18-20(30-35-29-18)23(34)27-19(15-7-5-13(2)6-8-15)22(33)26-16-11-25-31(12-16)14(3)17-9-10-24-28-21(17)32/h9-15,19H,4-8H2,1-3H3,(H,26,33)(H,27,34)(H,28,32). The quantitative estimate of drug-likeness (QED) is 0.440. The molecule has 2 atom stereocenters. The third kappa shape index (κ3) is 5.47. The van der Waals surface area contributed by atoms with E-state index in [1.807, 2.05) is 13.8 Å². The summed E-state index contributed by atoms with van der Waals surface area (Å²) in [6.45, 7) is 5.87. The molecule has 0 bridgehead atoms. The summed E-state index contributed by atoms with van der Waals surface area (Å²) in [6, 6.07) is 0.512. The molecule has 12 nitrogen and oxygen atoms in total. The number of nitrogens with zero attached hydrogens (tertiary/aromatic N) is 5. The monoisotopic (exact) mass is 482 g/mol. The Hall–Kier alpha value is -3.83. The Balaban J connectivity index is 1.51. The van der Waals surface area contributed by atoms with Crippen LogP contribution in [0.4, 0.5) is 5.69 Å². The van der Waals surface area contributed by atoms with Gasteiger partial charge in [0.05, 0.1) is 17.9 Å². The van der Waals surface area contributed by atoms with Gasteiger partial charge in [-0.05, 0) is 49.2 Å². The van der Waals surface area contributed by atoms with Crippen molar-refractivity contribution in [2.75, 3.05) is 5.32 Å². The predicted octanol–water partition coefficient (Wildman–Crippen LogP) is 2.08. The first-order chi connectivity index (χ1) is 16.9. The Morgan fingerprint density at radius 2 is 2.03 bits per heavy atom. The molecule has 186 valence electrons. The number of aryl methyl sites for hydroxylation is 1. The van der Waals surface area contributed by atoms with Gasteiger partial charge in [0.1, 0.15) is 11.7 Å². The third-order valence-electron chi connectivity index (χ3n) is 6.68. The number of aromatic nitrogens is 6. The van der Waals surface area contributed by atoms with Crippen LogP contribution < -0.4 is 16.2 Å². The molecule has 4 rings (SSSR count). The summed E-state index contributed by atoms with van der Waals surface area (Å²) in [5.74, 6) is -0.234. The first kappa shape index (κ1) is 24.3. The molecule has 2 amide bonds. The SMILES string of the molecule is CCc1nonc1C(=O)NC(C(=O)Nc1cnn(C(C)c2ccn[nH]c2=O)c1)C1CCC(C)CC1. The molecular weight excluding hydrogens is 452 g/mol. The number of nitrogens with one attached hydrogen (secondary N) is 3. The number of amides is 2. The van der Waals surface area contributed by atoms with Crippen molar-refractivity contribution in [2.24, 2.45) is 11.8 Å². The fourth-order valence-electron chi connectivity index (χ4n) is 4.50. The van der Waals surface area contributed by atoms with Gasteiger partial charge in [0, 0.05) is 18.0 Å². The molecule has 12 heteroatoms.